The van der Waals surface area contributed by atoms with Gasteiger partial charge in [-0.1, -0.05) is 28.5 Å². The van der Waals surface area contributed by atoms with Crippen molar-refractivity contribution in [2.75, 3.05) is 18.0 Å². The summed E-state index contributed by atoms with van der Waals surface area (Å²) in [7, 11) is 2.57. The van der Waals surface area contributed by atoms with Crippen LogP contribution >= 0.6 is 21.6 Å². The summed E-state index contributed by atoms with van der Waals surface area (Å²) in [4.78, 5) is 0. The lowest BCUT2D eigenvalue weighted by Gasteiger charge is -1.93. The van der Waals surface area contributed by atoms with E-state index >= 15 is 0 Å². The van der Waals surface area contributed by atoms with Gasteiger partial charge in [0.15, 0.2) is 0 Å². The van der Waals surface area contributed by atoms with E-state index < -0.39 is 12.9 Å². The molecule has 3 heteroatoms. The van der Waals surface area contributed by atoms with Gasteiger partial charge < -0.3 is 5.73 Å². The zero-order valence-corrected chi connectivity index (χ0v) is 6.44. The molecule has 0 aliphatic rings. The first-order chi connectivity index (χ1) is 5.21. The van der Waals surface area contributed by atoms with E-state index in [-0.39, 0.29) is 5.75 Å². The van der Waals surface area contributed by atoms with Gasteiger partial charge in [-0.15, -0.1) is 0 Å². The smallest absolute Gasteiger partial charge is 0.0434 e. The van der Waals surface area contributed by atoms with Crippen LogP contribution in [0.3, 0.4) is 0 Å². The van der Waals surface area contributed by atoms with Crippen molar-refractivity contribution < 1.29 is 5.48 Å². The van der Waals surface area contributed by atoms with Crippen molar-refractivity contribution in [3.63, 3.8) is 0 Å². The van der Waals surface area contributed by atoms with Crippen LogP contribution in [0.15, 0.2) is 0 Å². The molecule has 0 aromatic carbocycles. The highest BCUT2D eigenvalue weighted by Crippen LogP contribution is 2.20. The Kier molecular flexibility index (Phi) is 3.58. The van der Waals surface area contributed by atoms with Crippen molar-refractivity contribution in [3.8, 4) is 0 Å². The van der Waals surface area contributed by atoms with Crippen LogP contribution in [0.25, 0.3) is 0 Å². The van der Waals surface area contributed by atoms with Crippen molar-refractivity contribution in [3.05, 3.63) is 0 Å². The zero-order chi connectivity index (χ0) is 9.83. The fourth-order valence-electron chi connectivity index (χ4n) is 0.176. The van der Waals surface area contributed by atoms with E-state index in [0.717, 1.165) is 0 Å². The highest BCUT2D eigenvalue weighted by molar-refractivity contribution is 8.76. The fourth-order valence-corrected chi connectivity index (χ4v) is 1.59. The molecular formula is C5H13NS2. The molecule has 0 rings (SSSR count). The minimum absolute atomic E-state index is 0.188. The lowest BCUT2D eigenvalue weighted by molar-refractivity contribution is 1.11. The lowest BCUT2D eigenvalue weighted by atomic mass is 10.6. The normalized spacial score (nSPS) is 20.8. The van der Waals surface area contributed by atoms with Crippen LogP contribution < -0.4 is 5.73 Å². The largest absolute Gasteiger partial charge is 0.330 e. The Hall–Kier alpha value is 0.660. The van der Waals surface area contributed by atoms with Gasteiger partial charge >= 0.3 is 0 Å². The maximum absolute atomic E-state index is 7.17. The SMILES string of the molecule is [2H]C([2H])(C)CSSCC([2H])([2H])N. The van der Waals surface area contributed by atoms with Gasteiger partial charge in [0, 0.05) is 23.5 Å². The summed E-state index contributed by atoms with van der Waals surface area (Å²) in [5, 5.41) is 0. The van der Waals surface area contributed by atoms with Gasteiger partial charge in [-0.2, -0.15) is 0 Å². The average molecular weight is 155 g/mol. The summed E-state index contributed by atoms with van der Waals surface area (Å²) < 4.78 is 28.3. The van der Waals surface area contributed by atoms with Crippen molar-refractivity contribution in [2.45, 2.75) is 13.3 Å². The molecule has 1 nitrogen and oxygen atoms in total. The molecule has 0 spiro atoms. The molecular weight excluding hydrogens is 138 g/mol. The van der Waals surface area contributed by atoms with E-state index in [0.29, 0.717) is 5.75 Å². The molecule has 50 valence electrons. The third-order valence-corrected chi connectivity index (χ3v) is 2.49. The second kappa shape index (κ2) is 7.66. The predicted octanol–water partition coefficient (Wildman–Crippen LogP) is 1.74. The Morgan fingerprint density at radius 1 is 1.50 bits per heavy atom. The first kappa shape index (κ1) is 3.74. The van der Waals surface area contributed by atoms with E-state index in [2.05, 4.69) is 0 Å². The molecule has 0 amide bonds. The van der Waals surface area contributed by atoms with Gasteiger partial charge in [-0.25, -0.2) is 0 Å². The standard InChI is InChI=1S/C5H13NS2/c1-2-4-7-8-5-3-6/h2-6H2,1H3/i2D2,3D2. The highest BCUT2D eigenvalue weighted by atomic mass is 33.1. The number of hydrogen-bond donors (Lipinski definition) is 1. The molecule has 0 bridgehead atoms. The zero-order valence-electron chi connectivity index (χ0n) is 8.81. The molecule has 0 fully saturated rings. The Balaban J connectivity index is 3.35. The van der Waals surface area contributed by atoms with Crippen LogP contribution in [0.5, 0.6) is 0 Å². The number of rotatable bonds is 5. The molecule has 0 atom stereocenters. The van der Waals surface area contributed by atoms with Gasteiger partial charge in [-0.05, 0) is 6.37 Å². The van der Waals surface area contributed by atoms with Crippen molar-refractivity contribution >= 4 is 21.6 Å². The van der Waals surface area contributed by atoms with Crippen molar-refractivity contribution in [1.29, 1.82) is 0 Å². The molecule has 0 unspecified atom stereocenters. The molecule has 8 heavy (non-hydrogen) atoms. The summed E-state index contributed by atoms with van der Waals surface area (Å²) in [6.45, 7) is -0.157. The average Bonchev–Trinajstić information content (AvgIpc) is 1.76. The van der Waals surface area contributed by atoms with E-state index in [1.54, 1.807) is 0 Å². The molecule has 0 radical (unpaired) electrons. The van der Waals surface area contributed by atoms with Gasteiger partial charge in [0.05, 0.1) is 0 Å². The minimum atomic E-state index is -1.65. The molecule has 0 heterocycles. The Labute approximate surface area is 64.8 Å². The Bertz CT molecular complexity index is 114. The first-order valence-electron chi connectivity index (χ1n) is 4.24. The van der Waals surface area contributed by atoms with Crippen LogP contribution in [-0.4, -0.2) is 18.0 Å². The van der Waals surface area contributed by atoms with Gasteiger partial charge in [-0.3, -0.25) is 0 Å². The van der Waals surface area contributed by atoms with E-state index in [1.165, 1.54) is 28.5 Å². The summed E-state index contributed by atoms with van der Waals surface area (Å²) in [6, 6.07) is 0. The molecule has 0 saturated heterocycles. The quantitative estimate of drug-likeness (QED) is 0.484. The molecule has 0 aromatic heterocycles. The topological polar surface area (TPSA) is 26.0 Å². The Morgan fingerprint density at radius 2 is 2.12 bits per heavy atom. The maximum Gasteiger partial charge on any atom is 0.0434 e. The second-order valence-corrected chi connectivity index (χ2v) is 3.55. The van der Waals surface area contributed by atoms with Crippen molar-refractivity contribution in [2.24, 2.45) is 5.73 Å². The van der Waals surface area contributed by atoms with Crippen LogP contribution in [0.2, 0.25) is 0 Å². The summed E-state index contributed by atoms with van der Waals surface area (Å²) >= 11 is 0. The van der Waals surface area contributed by atoms with E-state index in [9.17, 15) is 0 Å². The predicted molar refractivity (Wildman–Crippen MR) is 44.3 cm³/mol. The molecule has 0 aromatic rings. The second-order valence-electron chi connectivity index (χ2n) is 1.08. The summed E-state index contributed by atoms with van der Waals surface area (Å²) in [5.74, 6) is 0.543. The van der Waals surface area contributed by atoms with E-state index in [1.807, 2.05) is 0 Å². The Morgan fingerprint density at radius 3 is 2.62 bits per heavy atom. The molecule has 0 aliphatic heterocycles. The minimum Gasteiger partial charge on any atom is -0.330 e. The van der Waals surface area contributed by atoms with Gasteiger partial charge in [0.25, 0.3) is 0 Å². The molecule has 0 aliphatic carbocycles. The van der Waals surface area contributed by atoms with Crippen molar-refractivity contribution in [1.82, 2.24) is 0 Å². The number of hydrogen-bond acceptors (Lipinski definition) is 3. The van der Waals surface area contributed by atoms with Crippen LogP contribution in [0.4, 0.5) is 0 Å². The summed E-state index contributed by atoms with van der Waals surface area (Å²) in [6.07, 6.45) is -1.20. The third kappa shape index (κ3) is 6.66. The third-order valence-electron chi connectivity index (χ3n) is 0.429. The first-order valence-corrected chi connectivity index (χ1v) is 4.73. The maximum atomic E-state index is 7.17. The summed E-state index contributed by atoms with van der Waals surface area (Å²) in [5.41, 5.74) is 5.09. The van der Waals surface area contributed by atoms with Gasteiger partial charge in [0.1, 0.15) is 0 Å². The molecule has 0 saturated carbocycles. The lowest BCUT2D eigenvalue weighted by Crippen LogP contribution is -1.99. The highest BCUT2D eigenvalue weighted by Gasteiger charge is 1.83. The van der Waals surface area contributed by atoms with E-state index in [4.69, 9.17) is 11.2 Å². The number of nitrogens with two attached hydrogens (primary N) is 1. The van der Waals surface area contributed by atoms with Crippen LogP contribution in [0.1, 0.15) is 18.8 Å². The van der Waals surface area contributed by atoms with Crippen LogP contribution in [0, 0.1) is 0 Å². The van der Waals surface area contributed by atoms with Crippen LogP contribution in [-0.2, 0) is 0 Å². The van der Waals surface area contributed by atoms with Gasteiger partial charge in [0.2, 0.25) is 0 Å². The fraction of sp³-hybridized carbons (Fsp3) is 1.00. The molecule has 2 N–H and O–H groups in total. The monoisotopic (exact) mass is 155 g/mol.